The maximum absolute atomic E-state index is 13.2. The van der Waals surface area contributed by atoms with Crippen LogP contribution in [0.15, 0.2) is 78.9 Å². The lowest BCUT2D eigenvalue weighted by Gasteiger charge is -2.18. The third-order valence-electron chi connectivity index (χ3n) is 4.20. The van der Waals surface area contributed by atoms with Crippen LogP contribution in [-0.4, -0.2) is 17.1 Å². The molecule has 5 heteroatoms. The first-order valence-corrected chi connectivity index (χ1v) is 9.90. The number of hydrogen-bond donors (Lipinski definition) is 1. The highest BCUT2D eigenvalue weighted by atomic mass is 32.2. The SMILES string of the molecule is Cc1ccc(C(=O)N[C@@H](SCc2ccccc2)C(=O)c2ccc(F)cc2)cc1. The molecular formula is C23H20FNO2S. The van der Waals surface area contributed by atoms with Crippen molar-refractivity contribution in [2.75, 3.05) is 0 Å². The van der Waals surface area contributed by atoms with Crippen molar-refractivity contribution in [1.29, 1.82) is 0 Å². The Morgan fingerprint density at radius 2 is 1.50 bits per heavy atom. The van der Waals surface area contributed by atoms with Crippen LogP contribution in [0.25, 0.3) is 0 Å². The number of benzene rings is 3. The van der Waals surface area contributed by atoms with Crippen molar-refractivity contribution in [3.8, 4) is 0 Å². The van der Waals surface area contributed by atoms with Crippen molar-refractivity contribution in [3.05, 3.63) is 107 Å². The predicted octanol–water partition coefficient (Wildman–Crippen LogP) is 5.01. The summed E-state index contributed by atoms with van der Waals surface area (Å²) in [6.07, 6.45) is 0. The minimum absolute atomic E-state index is 0.263. The van der Waals surface area contributed by atoms with Gasteiger partial charge in [0.25, 0.3) is 5.91 Å². The van der Waals surface area contributed by atoms with Crippen molar-refractivity contribution in [2.24, 2.45) is 0 Å². The number of carbonyl (C=O) groups is 2. The van der Waals surface area contributed by atoms with Gasteiger partial charge in [-0.1, -0.05) is 48.0 Å². The molecule has 3 aromatic carbocycles. The van der Waals surface area contributed by atoms with Gasteiger partial charge in [0.2, 0.25) is 0 Å². The van der Waals surface area contributed by atoms with Crippen LogP contribution in [0.1, 0.15) is 31.8 Å². The smallest absolute Gasteiger partial charge is 0.252 e. The highest BCUT2D eigenvalue weighted by molar-refractivity contribution is 7.99. The molecule has 0 heterocycles. The van der Waals surface area contributed by atoms with Crippen LogP contribution in [0, 0.1) is 12.7 Å². The van der Waals surface area contributed by atoms with Gasteiger partial charge in [-0.3, -0.25) is 9.59 Å². The van der Waals surface area contributed by atoms with E-state index in [9.17, 15) is 14.0 Å². The van der Waals surface area contributed by atoms with Crippen LogP contribution < -0.4 is 5.32 Å². The Bertz CT molecular complexity index is 941. The number of nitrogens with one attached hydrogen (secondary N) is 1. The third kappa shape index (κ3) is 5.30. The van der Waals surface area contributed by atoms with Crippen LogP contribution in [0.3, 0.4) is 0 Å². The number of amides is 1. The molecule has 0 bridgehead atoms. The Kier molecular flexibility index (Phi) is 6.61. The summed E-state index contributed by atoms with van der Waals surface area (Å²) < 4.78 is 13.2. The topological polar surface area (TPSA) is 46.2 Å². The van der Waals surface area contributed by atoms with Gasteiger partial charge in [0.1, 0.15) is 11.2 Å². The maximum atomic E-state index is 13.2. The van der Waals surface area contributed by atoms with Crippen molar-refractivity contribution in [2.45, 2.75) is 18.1 Å². The van der Waals surface area contributed by atoms with Crippen molar-refractivity contribution < 1.29 is 14.0 Å². The molecule has 3 aromatic rings. The summed E-state index contributed by atoms with van der Waals surface area (Å²) in [5.74, 6) is -0.428. The molecule has 0 spiro atoms. The Balaban J connectivity index is 1.78. The van der Waals surface area contributed by atoms with E-state index in [1.165, 1.54) is 36.0 Å². The first kappa shape index (κ1) is 19.8. The molecule has 1 N–H and O–H groups in total. The normalized spacial score (nSPS) is 11.6. The van der Waals surface area contributed by atoms with E-state index in [2.05, 4.69) is 5.32 Å². The molecule has 0 aliphatic heterocycles. The monoisotopic (exact) mass is 393 g/mol. The zero-order valence-corrected chi connectivity index (χ0v) is 16.2. The number of thioether (sulfide) groups is 1. The van der Waals surface area contributed by atoms with E-state index in [0.717, 1.165) is 11.1 Å². The number of carbonyl (C=O) groups excluding carboxylic acids is 2. The highest BCUT2D eigenvalue weighted by Gasteiger charge is 2.23. The fraction of sp³-hybridized carbons (Fsp3) is 0.130. The summed E-state index contributed by atoms with van der Waals surface area (Å²) >= 11 is 1.33. The highest BCUT2D eigenvalue weighted by Crippen LogP contribution is 2.21. The van der Waals surface area contributed by atoms with E-state index in [-0.39, 0.29) is 11.7 Å². The Morgan fingerprint density at radius 3 is 2.14 bits per heavy atom. The van der Waals surface area contributed by atoms with Gasteiger partial charge in [-0.2, -0.15) is 0 Å². The summed E-state index contributed by atoms with van der Waals surface area (Å²) in [5, 5.41) is 2.04. The lowest BCUT2D eigenvalue weighted by molar-refractivity contribution is 0.0892. The van der Waals surface area contributed by atoms with Crippen LogP contribution in [0.5, 0.6) is 0 Å². The van der Waals surface area contributed by atoms with Gasteiger partial charge in [0.05, 0.1) is 0 Å². The molecule has 3 nitrogen and oxygen atoms in total. The van der Waals surface area contributed by atoms with E-state index in [0.29, 0.717) is 16.9 Å². The van der Waals surface area contributed by atoms with E-state index in [1.807, 2.05) is 49.4 Å². The number of rotatable bonds is 7. The molecule has 0 aromatic heterocycles. The molecule has 0 unspecified atom stereocenters. The number of halogens is 1. The summed E-state index contributed by atoms with van der Waals surface area (Å²) in [7, 11) is 0. The summed E-state index contributed by atoms with van der Waals surface area (Å²) in [6.45, 7) is 1.94. The maximum Gasteiger partial charge on any atom is 0.252 e. The van der Waals surface area contributed by atoms with Gasteiger partial charge in [-0.15, -0.1) is 11.8 Å². The molecule has 142 valence electrons. The molecule has 0 aliphatic rings. The van der Waals surface area contributed by atoms with Crippen LogP contribution in [0.2, 0.25) is 0 Å². The number of hydrogen-bond acceptors (Lipinski definition) is 3. The quantitative estimate of drug-likeness (QED) is 0.454. The van der Waals surface area contributed by atoms with E-state index >= 15 is 0 Å². The fourth-order valence-corrected chi connectivity index (χ4v) is 3.64. The lowest BCUT2D eigenvalue weighted by atomic mass is 10.1. The van der Waals surface area contributed by atoms with Crippen molar-refractivity contribution >= 4 is 23.5 Å². The molecule has 1 amide bonds. The number of aryl methyl sites for hydroxylation is 1. The van der Waals surface area contributed by atoms with Crippen LogP contribution >= 0.6 is 11.8 Å². The summed E-state index contributed by atoms with van der Waals surface area (Å²) in [4.78, 5) is 25.6. The number of Topliss-reactive ketones (excluding diaryl/α,β-unsaturated/α-hetero) is 1. The molecule has 0 saturated carbocycles. The largest absolute Gasteiger partial charge is 0.333 e. The van der Waals surface area contributed by atoms with Crippen LogP contribution in [0.4, 0.5) is 4.39 Å². The Hall–Kier alpha value is -2.92. The van der Waals surface area contributed by atoms with Crippen LogP contribution in [-0.2, 0) is 5.75 Å². The predicted molar refractivity (Wildman–Crippen MR) is 111 cm³/mol. The van der Waals surface area contributed by atoms with E-state index in [4.69, 9.17) is 0 Å². The molecule has 28 heavy (non-hydrogen) atoms. The second-order valence-electron chi connectivity index (χ2n) is 6.39. The minimum atomic E-state index is -0.778. The van der Waals surface area contributed by atoms with Gasteiger partial charge in [0, 0.05) is 16.9 Å². The molecule has 0 aliphatic carbocycles. The second-order valence-corrected chi connectivity index (χ2v) is 7.48. The molecule has 1 atom stereocenters. The van der Waals surface area contributed by atoms with Crippen molar-refractivity contribution in [1.82, 2.24) is 5.32 Å². The zero-order valence-electron chi connectivity index (χ0n) is 15.4. The second kappa shape index (κ2) is 9.33. The van der Waals surface area contributed by atoms with Gasteiger partial charge < -0.3 is 5.32 Å². The third-order valence-corrected chi connectivity index (χ3v) is 5.37. The Labute approximate surface area is 168 Å². The average Bonchev–Trinajstić information content (AvgIpc) is 2.72. The van der Waals surface area contributed by atoms with E-state index < -0.39 is 11.2 Å². The molecule has 0 radical (unpaired) electrons. The number of ketones is 1. The summed E-state index contributed by atoms with van der Waals surface area (Å²) in [6, 6.07) is 22.2. The summed E-state index contributed by atoms with van der Waals surface area (Å²) in [5.41, 5.74) is 2.95. The van der Waals surface area contributed by atoms with Crippen molar-refractivity contribution in [3.63, 3.8) is 0 Å². The lowest BCUT2D eigenvalue weighted by Crippen LogP contribution is -2.38. The van der Waals surface area contributed by atoms with Gasteiger partial charge in [-0.05, 0) is 48.9 Å². The average molecular weight is 393 g/mol. The Morgan fingerprint density at radius 1 is 0.893 bits per heavy atom. The standard InChI is InChI=1S/C23H20FNO2S/c1-16-7-9-19(10-8-16)22(27)25-23(28-15-17-5-3-2-4-6-17)21(26)18-11-13-20(24)14-12-18/h2-14,23H,15H2,1H3,(H,25,27)/t23-/m0/s1. The zero-order chi connectivity index (χ0) is 19.9. The van der Waals surface area contributed by atoms with Gasteiger partial charge in [0.15, 0.2) is 5.78 Å². The van der Waals surface area contributed by atoms with Gasteiger partial charge in [-0.25, -0.2) is 4.39 Å². The van der Waals surface area contributed by atoms with Gasteiger partial charge >= 0.3 is 0 Å². The minimum Gasteiger partial charge on any atom is -0.333 e. The molecular weight excluding hydrogens is 373 g/mol. The fourth-order valence-electron chi connectivity index (χ4n) is 2.61. The molecule has 0 saturated heterocycles. The first-order chi connectivity index (χ1) is 13.5. The van der Waals surface area contributed by atoms with E-state index in [1.54, 1.807) is 12.1 Å². The molecule has 3 rings (SSSR count). The first-order valence-electron chi connectivity index (χ1n) is 8.86. The molecule has 0 fully saturated rings.